The van der Waals surface area contributed by atoms with Crippen LogP contribution in [0.25, 0.3) is 0 Å². The van der Waals surface area contributed by atoms with Crippen molar-refractivity contribution >= 4 is 11.7 Å². The molecule has 1 atom stereocenters. The van der Waals surface area contributed by atoms with Crippen LogP contribution in [0.5, 0.6) is 0 Å². The predicted octanol–water partition coefficient (Wildman–Crippen LogP) is 1.65. The molecule has 1 aliphatic rings. The molecule has 1 unspecified atom stereocenters. The van der Waals surface area contributed by atoms with Gasteiger partial charge in [0.25, 0.3) is 0 Å². The smallest absolute Gasteiger partial charge is 0.224 e. The maximum atomic E-state index is 11.6. The molecule has 2 rings (SSSR count). The van der Waals surface area contributed by atoms with Gasteiger partial charge in [-0.1, -0.05) is 6.92 Å². The van der Waals surface area contributed by atoms with Crippen molar-refractivity contribution in [3.63, 3.8) is 0 Å². The van der Waals surface area contributed by atoms with Gasteiger partial charge in [0.15, 0.2) is 0 Å². The Bertz CT molecular complexity index is 576. The van der Waals surface area contributed by atoms with Crippen LogP contribution in [0.3, 0.4) is 0 Å². The molecule has 112 valence electrons. The predicted molar refractivity (Wildman–Crippen MR) is 82.1 cm³/mol. The Morgan fingerprint density at radius 2 is 2.24 bits per heavy atom. The van der Waals surface area contributed by atoms with Crippen molar-refractivity contribution in [1.29, 1.82) is 5.26 Å². The topological polar surface area (TPSA) is 69.0 Å². The monoisotopic (exact) mass is 286 g/mol. The summed E-state index contributed by atoms with van der Waals surface area (Å²) in [5.41, 5.74) is 2.91. The average molecular weight is 286 g/mol. The molecular formula is C16H22N4O. The minimum atomic E-state index is -0.149. The van der Waals surface area contributed by atoms with Gasteiger partial charge in [0.1, 0.15) is 11.9 Å². The number of fused-ring (bicyclic) bond motifs is 1. The highest BCUT2D eigenvalue weighted by Gasteiger charge is 2.20. The van der Waals surface area contributed by atoms with E-state index in [4.69, 9.17) is 4.98 Å². The van der Waals surface area contributed by atoms with Crippen LogP contribution in [0.15, 0.2) is 6.07 Å². The quantitative estimate of drug-likeness (QED) is 0.913. The van der Waals surface area contributed by atoms with E-state index in [-0.39, 0.29) is 11.8 Å². The largest absolute Gasteiger partial charge is 0.359 e. The fourth-order valence-electron chi connectivity index (χ4n) is 2.82. The number of carbonyl (C=O) groups excluding carboxylic acids is 1. The molecule has 1 heterocycles. The van der Waals surface area contributed by atoms with Crippen LogP contribution in [0.1, 0.15) is 36.6 Å². The highest BCUT2D eigenvalue weighted by Crippen LogP contribution is 2.26. The fourth-order valence-corrected chi connectivity index (χ4v) is 2.82. The van der Waals surface area contributed by atoms with Crippen LogP contribution < -0.4 is 10.2 Å². The molecule has 1 aliphatic carbocycles. The van der Waals surface area contributed by atoms with Crippen LogP contribution in [0, 0.1) is 17.2 Å². The summed E-state index contributed by atoms with van der Waals surface area (Å²) in [6.45, 7) is 2.42. The van der Waals surface area contributed by atoms with E-state index in [1.165, 1.54) is 12.0 Å². The number of rotatable bonds is 4. The minimum Gasteiger partial charge on any atom is -0.359 e. The summed E-state index contributed by atoms with van der Waals surface area (Å²) in [5.74, 6) is 0.539. The zero-order chi connectivity index (χ0) is 15.4. The van der Waals surface area contributed by atoms with E-state index >= 15 is 0 Å². The fraction of sp³-hybridized carbons (Fsp3) is 0.562. The molecule has 1 aromatic rings. The summed E-state index contributed by atoms with van der Waals surface area (Å²) in [6, 6.07) is 4.21. The summed E-state index contributed by atoms with van der Waals surface area (Å²) >= 11 is 0. The molecule has 1 amide bonds. The molecule has 21 heavy (non-hydrogen) atoms. The lowest BCUT2D eigenvalue weighted by Crippen LogP contribution is -2.35. The third-order valence-electron chi connectivity index (χ3n) is 4.00. The van der Waals surface area contributed by atoms with Gasteiger partial charge in [-0.2, -0.15) is 5.26 Å². The first-order chi connectivity index (χ1) is 10.1. The van der Waals surface area contributed by atoms with E-state index in [1.54, 1.807) is 7.05 Å². The molecule has 0 bridgehead atoms. The highest BCUT2D eigenvalue weighted by molar-refractivity contribution is 5.78. The van der Waals surface area contributed by atoms with Gasteiger partial charge >= 0.3 is 0 Å². The average Bonchev–Trinajstić information content (AvgIpc) is 2.52. The van der Waals surface area contributed by atoms with Crippen LogP contribution in [0.2, 0.25) is 0 Å². The Morgan fingerprint density at radius 3 is 2.90 bits per heavy atom. The lowest BCUT2D eigenvalue weighted by molar-refractivity contribution is -0.123. The molecular weight excluding hydrogens is 264 g/mol. The Labute approximate surface area is 126 Å². The van der Waals surface area contributed by atoms with Gasteiger partial charge in [-0.3, -0.25) is 4.79 Å². The lowest BCUT2D eigenvalue weighted by atomic mass is 9.95. The first-order valence-electron chi connectivity index (χ1n) is 7.42. The number of nitriles is 1. The number of nitrogens with one attached hydrogen (secondary N) is 1. The second kappa shape index (κ2) is 6.57. The van der Waals surface area contributed by atoms with E-state index in [9.17, 15) is 10.1 Å². The Balaban J connectivity index is 2.26. The second-order valence-corrected chi connectivity index (χ2v) is 5.68. The van der Waals surface area contributed by atoms with Gasteiger partial charge in [0.2, 0.25) is 5.91 Å². The normalized spacial score (nSPS) is 14.8. The van der Waals surface area contributed by atoms with Crippen LogP contribution in [-0.2, 0) is 17.6 Å². The molecule has 5 nitrogen and oxygen atoms in total. The van der Waals surface area contributed by atoms with Gasteiger partial charge in [-0.15, -0.1) is 0 Å². The Morgan fingerprint density at radius 1 is 1.52 bits per heavy atom. The lowest BCUT2D eigenvalue weighted by Gasteiger charge is -2.25. The summed E-state index contributed by atoms with van der Waals surface area (Å²) in [6.07, 6.45) is 4.31. The maximum Gasteiger partial charge on any atom is 0.224 e. The molecule has 0 saturated carbocycles. The second-order valence-electron chi connectivity index (χ2n) is 5.68. The first kappa shape index (κ1) is 15.3. The summed E-state index contributed by atoms with van der Waals surface area (Å²) < 4.78 is 0. The number of nitrogens with zero attached hydrogens (tertiary/aromatic N) is 3. The van der Waals surface area contributed by atoms with Crippen molar-refractivity contribution < 1.29 is 4.79 Å². The van der Waals surface area contributed by atoms with Gasteiger partial charge in [-0.25, -0.2) is 4.98 Å². The number of aromatic nitrogens is 1. The van der Waals surface area contributed by atoms with E-state index in [1.807, 2.05) is 24.9 Å². The zero-order valence-corrected chi connectivity index (χ0v) is 12.9. The first-order valence-corrected chi connectivity index (χ1v) is 7.42. The van der Waals surface area contributed by atoms with Crippen molar-refractivity contribution in [2.24, 2.45) is 5.92 Å². The molecule has 0 saturated heterocycles. The van der Waals surface area contributed by atoms with E-state index in [0.717, 1.165) is 25.0 Å². The van der Waals surface area contributed by atoms with Crippen molar-refractivity contribution in [2.75, 3.05) is 25.5 Å². The molecule has 0 aromatic carbocycles. The third-order valence-corrected chi connectivity index (χ3v) is 4.00. The molecule has 5 heteroatoms. The van der Waals surface area contributed by atoms with Crippen molar-refractivity contribution in [2.45, 2.75) is 32.6 Å². The van der Waals surface area contributed by atoms with E-state index in [0.29, 0.717) is 17.9 Å². The van der Waals surface area contributed by atoms with Gasteiger partial charge < -0.3 is 10.2 Å². The van der Waals surface area contributed by atoms with Crippen LogP contribution in [0.4, 0.5) is 5.82 Å². The molecule has 1 aromatic heterocycles. The highest BCUT2D eigenvalue weighted by atomic mass is 16.1. The van der Waals surface area contributed by atoms with E-state index in [2.05, 4.69) is 11.4 Å². The molecule has 0 fully saturated rings. The number of pyridine rings is 1. The van der Waals surface area contributed by atoms with Gasteiger partial charge in [-0.05, 0) is 37.3 Å². The van der Waals surface area contributed by atoms with Crippen molar-refractivity contribution in [3.05, 3.63) is 22.9 Å². The molecule has 0 aliphatic heterocycles. The molecule has 0 radical (unpaired) electrons. The maximum absolute atomic E-state index is 11.6. The Kier molecular flexibility index (Phi) is 4.79. The SMILES string of the molecule is CNC(=O)C(C)CN(C)c1nc2c(cc1C#N)CCCC2. The number of aryl methyl sites for hydroxylation is 2. The summed E-state index contributed by atoms with van der Waals surface area (Å²) in [5, 5.41) is 12.0. The Hall–Kier alpha value is -2.09. The number of hydrogen-bond donors (Lipinski definition) is 1. The van der Waals surface area contributed by atoms with Gasteiger partial charge in [0.05, 0.1) is 11.5 Å². The summed E-state index contributed by atoms with van der Waals surface area (Å²) in [4.78, 5) is 18.2. The number of amides is 1. The van der Waals surface area contributed by atoms with E-state index < -0.39 is 0 Å². The zero-order valence-electron chi connectivity index (χ0n) is 12.9. The van der Waals surface area contributed by atoms with Crippen LogP contribution in [-0.4, -0.2) is 31.5 Å². The minimum absolute atomic E-state index is 0.00156. The van der Waals surface area contributed by atoms with Crippen molar-refractivity contribution in [1.82, 2.24) is 10.3 Å². The summed E-state index contributed by atoms with van der Waals surface area (Å²) in [7, 11) is 3.52. The number of hydrogen-bond acceptors (Lipinski definition) is 4. The molecule has 1 N–H and O–H groups in total. The van der Waals surface area contributed by atoms with Crippen molar-refractivity contribution in [3.8, 4) is 6.07 Å². The van der Waals surface area contributed by atoms with Gasteiger partial charge in [0, 0.05) is 26.3 Å². The number of carbonyl (C=O) groups is 1. The standard InChI is InChI=1S/C16H22N4O/c1-11(16(21)18-2)10-20(3)15-13(9-17)8-12-6-4-5-7-14(12)19-15/h8,11H,4-7,10H2,1-3H3,(H,18,21). The molecule has 0 spiro atoms. The number of anilines is 1. The third kappa shape index (κ3) is 3.33. The van der Waals surface area contributed by atoms with Crippen LogP contribution >= 0.6 is 0 Å².